The molecule has 72 valence electrons. The van der Waals surface area contributed by atoms with Crippen molar-refractivity contribution in [2.45, 2.75) is 4.90 Å². The second-order valence-corrected chi connectivity index (χ2v) is 3.81. The molecule has 1 N–H and O–H groups in total. The Labute approximate surface area is 84.3 Å². The van der Waals surface area contributed by atoms with Gasteiger partial charge in [-0.1, -0.05) is 6.07 Å². The molecule has 0 aliphatic carbocycles. The van der Waals surface area contributed by atoms with Crippen molar-refractivity contribution in [3.05, 3.63) is 48.8 Å². The summed E-state index contributed by atoms with van der Waals surface area (Å²) in [6, 6.07) is 10.8. The fourth-order valence-corrected chi connectivity index (χ4v) is 1.68. The molecule has 3 nitrogen and oxygen atoms in total. The van der Waals surface area contributed by atoms with E-state index in [0.29, 0.717) is 4.90 Å². The number of hydrogen-bond acceptors (Lipinski definition) is 1. The van der Waals surface area contributed by atoms with Gasteiger partial charge in [0.05, 0.1) is 4.90 Å². The summed E-state index contributed by atoms with van der Waals surface area (Å²) in [4.78, 5) is 0.413. The summed E-state index contributed by atoms with van der Waals surface area (Å²) in [5.74, 6) is 0. The van der Waals surface area contributed by atoms with Crippen LogP contribution in [0.5, 0.6) is 0 Å². The number of hydrogen-bond donors (Lipinski definition) is 1. The molecule has 0 radical (unpaired) electrons. The van der Waals surface area contributed by atoms with Gasteiger partial charge in [-0.3, -0.25) is 0 Å². The molecule has 0 fully saturated rings. The van der Waals surface area contributed by atoms with Gasteiger partial charge >= 0.3 is 0 Å². The van der Waals surface area contributed by atoms with Gasteiger partial charge in [0.2, 0.25) is 0 Å². The van der Waals surface area contributed by atoms with Gasteiger partial charge < -0.3 is 9.12 Å². The first-order valence-electron chi connectivity index (χ1n) is 4.11. The summed E-state index contributed by atoms with van der Waals surface area (Å²) >= 11 is -1.91. The lowest BCUT2D eigenvalue weighted by Crippen LogP contribution is -1.93. The highest BCUT2D eigenvalue weighted by Gasteiger charge is 2.01. The van der Waals surface area contributed by atoms with Gasteiger partial charge in [0, 0.05) is 18.1 Å². The van der Waals surface area contributed by atoms with E-state index in [1.165, 1.54) is 0 Å². The first-order chi connectivity index (χ1) is 6.77. The van der Waals surface area contributed by atoms with E-state index < -0.39 is 11.1 Å². The minimum atomic E-state index is -1.91. The number of nitrogens with zero attached hydrogens (tertiary/aromatic N) is 1. The van der Waals surface area contributed by atoms with Crippen LogP contribution in [0.15, 0.2) is 53.7 Å². The second kappa shape index (κ2) is 3.77. The maximum absolute atomic E-state index is 10.8. The van der Waals surface area contributed by atoms with Gasteiger partial charge in [-0.2, -0.15) is 0 Å². The first kappa shape index (κ1) is 9.18. The van der Waals surface area contributed by atoms with E-state index in [1.54, 1.807) is 18.2 Å². The molecule has 1 unspecified atom stereocenters. The van der Waals surface area contributed by atoms with Gasteiger partial charge in [-0.05, 0) is 30.3 Å². The topological polar surface area (TPSA) is 42.2 Å². The Hall–Kier alpha value is -1.39. The summed E-state index contributed by atoms with van der Waals surface area (Å²) in [5.41, 5.74) is 0.884. The molecule has 1 aromatic heterocycles. The maximum atomic E-state index is 10.8. The Morgan fingerprint density at radius 3 is 2.50 bits per heavy atom. The molecule has 1 heterocycles. The van der Waals surface area contributed by atoms with Crippen molar-refractivity contribution in [2.24, 2.45) is 0 Å². The molecule has 0 amide bonds. The third-order valence-corrected chi connectivity index (χ3v) is 2.58. The monoisotopic (exact) mass is 207 g/mol. The van der Waals surface area contributed by atoms with Crippen LogP contribution in [-0.4, -0.2) is 13.3 Å². The van der Waals surface area contributed by atoms with E-state index in [0.717, 1.165) is 5.69 Å². The molecule has 2 rings (SSSR count). The molecule has 4 heteroatoms. The Kier molecular flexibility index (Phi) is 2.47. The molecule has 0 spiro atoms. The van der Waals surface area contributed by atoms with Crippen LogP contribution in [0.1, 0.15) is 0 Å². The van der Waals surface area contributed by atoms with Crippen LogP contribution in [0.3, 0.4) is 0 Å². The summed E-state index contributed by atoms with van der Waals surface area (Å²) in [5, 5.41) is 0. The van der Waals surface area contributed by atoms with Crippen LogP contribution in [-0.2, 0) is 11.1 Å². The Morgan fingerprint density at radius 2 is 1.86 bits per heavy atom. The van der Waals surface area contributed by atoms with Crippen molar-refractivity contribution in [1.82, 2.24) is 4.57 Å². The van der Waals surface area contributed by atoms with Crippen molar-refractivity contribution in [1.29, 1.82) is 0 Å². The molecule has 0 aliphatic rings. The Balaban J connectivity index is 2.46. The van der Waals surface area contributed by atoms with Gasteiger partial charge in [0.15, 0.2) is 11.1 Å². The molecule has 1 aromatic carbocycles. The van der Waals surface area contributed by atoms with Gasteiger partial charge in [0.25, 0.3) is 0 Å². The van der Waals surface area contributed by atoms with Crippen molar-refractivity contribution >= 4 is 11.1 Å². The van der Waals surface area contributed by atoms with E-state index in [2.05, 4.69) is 0 Å². The van der Waals surface area contributed by atoms with Crippen LogP contribution in [0, 0.1) is 0 Å². The fraction of sp³-hybridized carbons (Fsp3) is 0. The van der Waals surface area contributed by atoms with Crippen LogP contribution in [0.2, 0.25) is 0 Å². The molecule has 0 bridgehead atoms. The lowest BCUT2D eigenvalue weighted by molar-refractivity contribution is 0.564. The smallest absolute Gasteiger partial charge is 0.186 e. The zero-order chi connectivity index (χ0) is 9.97. The van der Waals surface area contributed by atoms with E-state index in [9.17, 15) is 4.21 Å². The van der Waals surface area contributed by atoms with Gasteiger partial charge in [-0.25, -0.2) is 4.21 Å². The lowest BCUT2D eigenvalue weighted by Gasteiger charge is -2.03. The van der Waals surface area contributed by atoms with Crippen molar-refractivity contribution < 1.29 is 8.76 Å². The minimum absolute atomic E-state index is 0.413. The molecular weight excluding hydrogens is 198 g/mol. The highest BCUT2D eigenvalue weighted by Crippen LogP contribution is 2.12. The van der Waals surface area contributed by atoms with E-state index in [1.807, 2.05) is 35.2 Å². The number of aromatic nitrogens is 1. The summed E-state index contributed by atoms with van der Waals surface area (Å²) in [7, 11) is 0. The third kappa shape index (κ3) is 1.76. The quantitative estimate of drug-likeness (QED) is 0.766. The first-order valence-corrected chi connectivity index (χ1v) is 5.22. The van der Waals surface area contributed by atoms with E-state index in [-0.39, 0.29) is 0 Å². The highest BCUT2D eigenvalue weighted by atomic mass is 32.2. The second-order valence-electron chi connectivity index (χ2n) is 2.84. The zero-order valence-corrected chi connectivity index (χ0v) is 8.15. The molecular formula is C10H9NO2S. The Morgan fingerprint density at radius 1 is 1.14 bits per heavy atom. The maximum Gasteiger partial charge on any atom is 0.186 e. The number of rotatable bonds is 2. The van der Waals surface area contributed by atoms with Gasteiger partial charge in [-0.15, -0.1) is 0 Å². The molecule has 1 atom stereocenters. The summed E-state index contributed by atoms with van der Waals surface area (Å²) in [6.07, 6.45) is 3.78. The van der Waals surface area contributed by atoms with Crippen LogP contribution < -0.4 is 0 Å². The predicted octanol–water partition coefficient (Wildman–Crippen LogP) is 2.06. The van der Waals surface area contributed by atoms with Crippen LogP contribution >= 0.6 is 0 Å². The zero-order valence-electron chi connectivity index (χ0n) is 7.33. The summed E-state index contributed by atoms with van der Waals surface area (Å²) < 4.78 is 21.6. The highest BCUT2D eigenvalue weighted by molar-refractivity contribution is 7.79. The van der Waals surface area contributed by atoms with Gasteiger partial charge in [0.1, 0.15) is 0 Å². The molecule has 0 saturated carbocycles. The Bertz CT molecular complexity index is 451. The normalized spacial score (nSPS) is 12.6. The molecule has 2 aromatic rings. The largest absolute Gasteiger partial charge is 0.324 e. The molecule has 0 saturated heterocycles. The van der Waals surface area contributed by atoms with E-state index in [4.69, 9.17) is 4.55 Å². The molecule has 0 aliphatic heterocycles. The number of benzene rings is 1. The predicted molar refractivity (Wildman–Crippen MR) is 54.8 cm³/mol. The summed E-state index contributed by atoms with van der Waals surface area (Å²) in [6.45, 7) is 0. The average molecular weight is 207 g/mol. The van der Waals surface area contributed by atoms with Crippen molar-refractivity contribution in [2.75, 3.05) is 0 Å². The fourth-order valence-electron chi connectivity index (χ4n) is 1.26. The van der Waals surface area contributed by atoms with Crippen LogP contribution in [0.25, 0.3) is 5.69 Å². The minimum Gasteiger partial charge on any atom is -0.324 e. The lowest BCUT2D eigenvalue weighted by atomic mass is 10.3. The van der Waals surface area contributed by atoms with Crippen LogP contribution in [0.4, 0.5) is 0 Å². The van der Waals surface area contributed by atoms with Crippen molar-refractivity contribution in [3.8, 4) is 5.69 Å². The average Bonchev–Trinajstić information content (AvgIpc) is 2.71. The van der Waals surface area contributed by atoms with Crippen molar-refractivity contribution in [3.63, 3.8) is 0 Å². The van der Waals surface area contributed by atoms with E-state index >= 15 is 0 Å². The SMILES string of the molecule is O=S(O)c1cccc(-n2cccc2)c1. The molecule has 14 heavy (non-hydrogen) atoms. The standard InChI is InChI=1S/C10H9NO2S/c12-14(13)10-5-3-4-9(8-10)11-6-1-2-7-11/h1-8H,(H,12,13). The third-order valence-electron chi connectivity index (χ3n) is 1.92.